The highest BCUT2D eigenvalue weighted by molar-refractivity contribution is 6.33. The van der Waals surface area contributed by atoms with E-state index in [1.165, 1.54) is 6.42 Å². The molecule has 0 aromatic heterocycles. The minimum atomic E-state index is -0.00783. The van der Waals surface area contributed by atoms with Crippen LogP contribution in [0.3, 0.4) is 0 Å². The Hall–Kier alpha value is -0.770. The van der Waals surface area contributed by atoms with Gasteiger partial charge in [-0.3, -0.25) is 0 Å². The first-order valence-electron chi connectivity index (χ1n) is 6.56. The summed E-state index contributed by atoms with van der Waals surface area (Å²) in [5, 5.41) is 10.2. The molecule has 2 unspecified atom stereocenters. The number of halogens is 1. The summed E-state index contributed by atoms with van der Waals surface area (Å²) >= 11 is 6.35. The lowest BCUT2D eigenvalue weighted by Gasteiger charge is -2.37. The number of nitrogens with two attached hydrogens (primary N) is 1. The predicted octanol–water partition coefficient (Wildman–Crippen LogP) is 2.71. The zero-order valence-corrected chi connectivity index (χ0v) is 11.5. The summed E-state index contributed by atoms with van der Waals surface area (Å²) in [5.41, 5.74) is 7.91. The third kappa shape index (κ3) is 2.79. The fraction of sp³-hybridized carbons (Fsp3) is 0.571. The summed E-state index contributed by atoms with van der Waals surface area (Å²) in [6, 6.07) is 6.16. The van der Waals surface area contributed by atoms with Crippen molar-refractivity contribution in [3.63, 3.8) is 0 Å². The normalized spacial score (nSPS) is 22.0. The van der Waals surface area contributed by atoms with Gasteiger partial charge in [0.05, 0.1) is 23.4 Å². The van der Waals surface area contributed by atoms with E-state index in [1.807, 2.05) is 25.1 Å². The molecule has 0 bridgehead atoms. The van der Waals surface area contributed by atoms with Gasteiger partial charge in [-0.2, -0.15) is 0 Å². The zero-order valence-electron chi connectivity index (χ0n) is 10.8. The summed E-state index contributed by atoms with van der Waals surface area (Å²) in [7, 11) is 0. The summed E-state index contributed by atoms with van der Waals surface area (Å²) in [6.07, 6.45) is 3.36. The van der Waals surface area contributed by atoms with Crippen LogP contribution in [0.15, 0.2) is 18.2 Å². The largest absolute Gasteiger partial charge is 0.394 e. The molecule has 1 aliphatic rings. The Morgan fingerprint density at radius 3 is 2.89 bits per heavy atom. The predicted molar refractivity (Wildman–Crippen MR) is 76.1 cm³/mol. The van der Waals surface area contributed by atoms with Crippen molar-refractivity contribution in [2.24, 2.45) is 5.73 Å². The van der Waals surface area contributed by atoms with E-state index in [1.54, 1.807) is 0 Å². The number of hydrogen-bond donors (Lipinski definition) is 2. The second-order valence-electron chi connectivity index (χ2n) is 5.03. The van der Waals surface area contributed by atoms with E-state index >= 15 is 0 Å². The Morgan fingerprint density at radius 1 is 1.50 bits per heavy atom. The Kier molecular flexibility index (Phi) is 4.49. The Balaban J connectivity index is 2.26. The number of hydrogen-bond acceptors (Lipinski definition) is 3. The fourth-order valence-corrected chi connectivity index (χ4v) is 2.84. The number of benzene rings is 1. The van der Waals surface area contributed by atoms with E-state index in [4.69, 9.17) is 17.3 Å². The van der Waals surface area contributed by atoms with Crippen molar-refractivity contribution >= 4 is 17.3 Å². The molecule has 1 aromatic carbocycles. The summed E-state index contributed by atoms with van der Waals surface area (Å²) < 4.78 is 0. The summed E-state index contributed by atoms with van der Waals surface area (Å²) in [5.74, 6) is 0. The van der Waals surface area contributed by atoms with E-state index in [-0.39, 0.29) is 18.7 Å². The Bertz CT molecular complexity index is 409. The van der Waals surface area contributed by atoms with Crippen molar-refractivity contribution in [3.05, 3.63) is 28.8 Å². The number of rotatable bonds is 3. The van der Waals surface area contributed by atoms with Gasteiger partial charge in [-0.15, -0.1) is 0 Å². The quantitative estimate of drug-likeness (QED) is 0.886. The van der Waals surface area contributed by atoms with Crippen molar-refractivity contribution in [1.29, 1.82) is 0 Å². The molecule has 1 saturated heterocycles. The SMILES string of the molecule is CC(N)c1ccc(N2CCCCC2CO)c(Cl)c1. The van der Waals surface area contributed by atoms with Gasteiger partial charge in [0.15, 0.2) is 0 Å². The van der Waals surface area contributed by atoms with Crippen LogP contribution in [0.2, 0.25) is 5.02 Å². The van der Waals surface area contributed by atoms with Crippen LogP contribution in [0.1, 0.15) is 37.8 Å². The molecule has 1 aromatic rings. The van der Waals surface area contributed by atoms with Gasteiger partial charge in [-0.1, -0.05) is 17.7 Å². The first-order valence-corrected chi connectivity index (χ1v) is 6.94. The van der Waals surface area contributed by atoms with Gasteiger partial charge in [-0.25, -0.2) is 0 Å². The molecule has 4 heteroatoms. The molecule has 0 aliphatic carbocycles. The molecule has 3 N–H and O–H groups in total. The van der Waals surface area contributed by atoms with Crippen LogP contribution in [-0.2, 0) is 0 Å². The molecule has 1 fully saturated rings. The molecule has 0 radical (unpaired) electrons. The number of anilines is 1. The van der Waals surface area contributed by atoms with Gasteiger partial charge in [0.2, 0.25) is 0 Å². The molecular weight excluding hydrogens is 248 g/mol. The van der Waals surface area contributed by atoms with Gasteiger partial charge in [0.25, 0.3) is 0 Å². The van der Waals surface area contributed by atoms with Crippen molar-refractivity contribution in [3.8, 4) is 0 Å². The van der Waals surface area contributed by atoms with Crippen molar-refractivity contribution in [2.45, 2.75) is 38.3 Å². The summed E-state index contributed by atoms with van der Waals surface area (Å²) in [4.78, 5) is 2.22. The highest BCUT2D eigenvalue weighted by Crippen LogP contribution is 2.32. The standard InChI is InChI=1S/C14H21ClN2O/c1-10(16)11-5-6-14(13(15)8-11)17-7-3-2-4-12(17)9-18/h5-6,8,10,12,18H,2-4,7,9,16H2,1H3. The van der Waals surface area contributed by atoms with Crippen LogP contribution in [0.5, 0.6) is 0 Å². The lowest BCUT2D eigenvalue weighted by atomic mass is 10.0. The molecular formula is C14H21ClN2O. The lowest BCUT2D eigenvalue weighted by molar-refractivity contribution is 0.240. The molecule has 2 atom stereocenters. The van der Waals surface area contributed by atoms with Crippen LogP contribution in [-0.4, -0.2) is 24.3 Å². The maximum Gasteiger partial charge on any atom is 0.0643 e. The first-order chi connectivity index (χ1) is 8.63. The van der Waals surface area contributed by atoms with Crippen LogP contribution in [0.4, 0.5) is 5.69 Å². The molecule has 1 heterocycles. The third-order valence-corrected chi connectivity index (χ3v) is 3.95. The fourth-order valence-electron chi connectivity index (χ4n) is 2.55. The second-order valence-corrected chi connectivity index (χ2v) is 5.43. The third-order valence-electron chi connectivity index (χ3n) is 3.64. The molecule has 0 amide bonds. The highest BCUT2D eigenvalue weighted by atomic mass is 35.5. The summed E-state index contributed by atoms with van der Waals surface area (Å²) in [6.45, 7) is 3.09. The number of aliphatic hydroxyl groups is 1. The molecule has 0 spiro atoms. The minimum absolute atomic E-state index is 0.00783. The molecule has 100 valence electrons. The van der Waals surface area contributed by atoms with E-state index in [9.17, 15) is 5.11 Å². The Morgan fingerprint density at radius 2 is 2.28 bits per heavy atom. The van der Waals surface area contributed by atoms with Crippen LogP contribution in [0.25, 0.3) is 0 Å². The van der Waals surface area contributed by atoms with Crippen LogP contribution in [0, 0.1) is 0 Å². The van der Waals surface area contributed by atoms with Gasteiger partial charge in [-0.05, 0) is 43.9 Å². The van der Waals surface area contributed by atoms with Crippen molar-refractivity contribution in [1.82, 2.24) is 0 Å². The van der Waals surface area contributed by atoms with E-state index in [0.29, 0.717) is 0 Å². The van der Waals surface area contributed by atoms with Crippen LogP contribution >= 0.6 is 11.6 Å². The maximum absolute atomic E-state index is 9.45. The zero-order chi connectivity index (χ0) is 13.1. The molecule has 1 aliphatic heterocycles. The minimum Gasteiger partial charge on any atom is -0.394 e. The number of piperidine rings is 1. The monoisotopic (exact) mass is 268 g/mol. The highest BCUT2D eigenvalue weighted by Gasteiger charge is 2.23. The van der Waals surface area contributed by atoms with Gasteiger partial charge >= 0.3 is 0 Å². The van der Waals surface area contributed by atoms with Crippen molar-refractivity contribution < 1.29 is 5.11 Å². The van der Waals surface area contributed by atoms with Crippen LogP contribution < -0.4 is 10.6 Å². The number of nitrogens with zero attached hydrogens (tertiary/aromatic N) is 1. The smallest absolute Gasteiger partial charge is 0.0643 e. The molecule has 18 heavy (non-hydrogen) atoms. The van der Waals surface area contributed by atoms with Gasteiger partial charge in [0, 0.05) is 12.6 Å². The lowest BCUT2D eigenvalue weighted by Crippen LogP contribution is -2.42. The molecule has 0 saturated carbocycles. The average Bonchev–Trinajstić information content (AvgIpc) is 2.38. The topological polar surface area (TPSA) is 49.5 Å². The van der Waals surface area contributed by atoms with E-state index in [2.05, 4.69) is 4.90 Å². The molecule has 2 rings (SSSR count). The number of aliphatic hydroxyl groups excluding tert-OH is 1. The van der Waals surface area contributed by atoms with Gasteiger partial charge < -0.3 is 15.7 Å². The van der Waals surface area contributed by atoms with E-state index < -0.39 is 0 Å². The van der Waals surface area contributed by atoms with Gasteiger partial charge in [0.1, 0.15) is 0 Å². The maximum atomic E-state index is 9.45. The average molecular weight is 269 g/mol. The van der Waals surface area contributed by atoms with Crippen molar-refractivity contribution in [2.75, 3.05) is 18.1 Å². The first kappa shape index (κ1) is 13.7. The molecule has 3 nitrogen and oxygen atoms in total. The Labute approximate surface area is 114 Å². The van der Waals surface area contributed by atoms with E-state index in [0.717, 1.165) is 35.7 Å². The second kappa shape index (κ2) is 5.91.